The molecule has 1 amide bonds. The lowest BCUT2D eigenvalue weighted by Gasteiger charge is -2.38. The van der Waals surface area contributed by atoms with Crippen molar-refractivity contribution in [2.45, 2.75) is 25.0 Å². The lowest BCUT2D eigenvalue weighted by Crippen LogP contribution is -2.52. The number of hydrogen-bond acceptors (Lipinski definition) is 4. The Morgan fingerprint density at radius 3 is 3.10 bits per heavy atom. The predicted molar refractivity (Wildman–Crippen MR) is 79.1 cm³/mol. The Morgan fingerprint density at radius 2 is 2.29 bits per heavy atom. The standard InChI is InChI=1S/C16H22N2O3/c1-21-14-4-2-3-12(9-14)15(19)11-17-7-8-18-13(10-17)5-6-16(18)20/h2-4,9,13,15,19H,5-8,10-11H2,1H3. The Hall–Kier alpha value is -1.59. The summed E-state index contributed by atoms with van der Waals surface area (Å²) in [6.07, 6.45) is 1.10. The molecule has 2 aliphatic rings. The normalized spacial score (nSPS) is 24.0. The van der Waals surface area contributed by atoms with Gasteiger partial charge in [0.25, 0.3) is 0 Å². The number of hydrogen-bond donors (Lipinski definition) is 1. The van der Waals surface area contributed by atoms with E-state index in [4.69, 9.17) is 4.74 Å². The smallest absolute Gasteiger partial charge is 0.222 e. The average molecular weight is 290 g/mol. The molecule has 2 fully saturated rings. The van der Waals surface area contributed by atoms with Crippen molar-refractivity contribution in [2.75, 3.05) is 33.3 Å². The molecular formula is C16H22N2O3. The number of β-amino-alcohol motifs (C(OH)–C–C–N with tert-alkyl or cyclic N) is 1. The number of piperazine rings is 1. The molecule has 21 heavy (non-hydrogen) atoms. The van der Waals surface area contributed by atoms with E-state index in [9.17, 15) is 9.90 Å². The van der Waals surface area contributed by atoms with E-state index >= 15 is 0 Å². The second kappa shape index (κ2) is 6.03. The Morgan fingerprint density at radius 1 is 1.43 bits per heavy atom. The summed E-state index contributed by atoms with van der Waals surface area (Å²) in [6, 6.07) is 7.90. The molecule has 0 saturated carbocycles. The molecule has 2 aliphatic heterocycles. The third-order valence-electron chi connectivity index (χ3n) is 4.49. The molecule has 5 nitrogen and oxygen atoms in total. The third-order valence-corrected chi connectivity index (χ3v) is 4.49. The minimum Gasteiger partial charge on any atom is -0.497 e. The van der Waals surface area contributed by atoms with Gasteiger partial charge in [-0.05, 0) is 24.1 Å². The number of aliphatic hydroxyl groups is 1. The highest BCUT2D eigenvalue weighted by Crippen LogP contribution is 2.25. The number of aliphatic hydroxyl groups excluding tert-OH is 1. The van der Waals surface area contributed by atoms with Gasteiger partial charge < -0.3 is 14.7 Å². The van der Waals surface area contributed by atoms with Gasteiger partial charge in [0.05, 0.1) is 13.2 Å². The van der Waals surface area contributed by atoms with Crippen LogP contribution in [0.5, 0.6) is 5.75 Å². The molecule has 2 atom stereocenters. The molecule has 114 valence electrons. The summed E-state index contributed by atoms with van der Waals surface area (Å²) >= 11 is 0. The SMILES string of the molecule is COc1cccc(C(O)CN2CCN3C(=O)CCC3C2)c1. The van der Waals surface area contributed by atoms with E-state index in [1.807, 2.05) is 29.2 Å². The van der Waals surface area contributed by atoms with Gasteiger partial charge in [0.2, 0.25) is 5.91 Å². The molecule has 0 bridgehead atoms. The van der Waals surface area contributed by atoms with Crippen LogP contribution >= 0.6 is 0 Å². The van der Waals surface area contributed by atoms with Gasteiger partial charge in [0.1, 0.15) is 5.75 Å². The molecule has 0 aliphatic carbocycles. The summed E-state index contributed by atoms with van der Waals surface area (Å²) in [5.41, 5.74) is 0.874. The zero-order valence-corrected chi connectivity index (χ0v) is 12.4. The van der Waals surface area contributed by atoms with Crippen LogP contribution in [0.4, 0.5) is 0 Å². The molecule has 0 radical (unpaired) electrons. The lowest BCUT2D eigenvalue weighted by molar-refractivity contribution is -0.130. The maximum Gasteiger partial charge on any atom is 0.222 e. The lowest BCUT2D eigenvalue weighted by atomic mass is 10.1. The number of fused-ring (bicyclic) bond motifs is 1. The largest absolute Gasteiger partial charge is 0.497 e. The molecular weight excluding hydrogens is 268 g/mol. The molecule has 5 heteroatoms. The second-order valence-electron chi connectivity index (χ2n) is 5.83. The highest BCUT2D eigenvalue weighted by molar-refractivity contribution is 5.78. The van der Waals surface area contributed by atoms with Crippen molar-refractivity contribution in [3.05, 3.63) is 29.8 Å². The Kier molecular flexibility index (Phi) is 4.12. The number of benzene rings is 1. The van der Waals surface area contributed by atoms with Crippen LogP contribution in [0.25, 0.3) is 0 Å². The molecule has 0 spiro atoms. The molecule has 0 aromatic heterocycles. The summed E-state index contributed by atoms with van der Waals surface area (Å²) in [5.74, 6) is 1.05. The van der Waals surface area contributed by atoms with E-state index < -0.39 is 6.10 Å². The Balaban J connectivity index is 1.60. The minimum absolute atomic E-state index is 0.285. The molecule has 1 N–H and O–H groups in total. The maximum atomic E-state index is 11.7. The van der Waals surface area contributed by atoms with Gasteiger partial charge in [-0.15, -0.1) is 0 Å². The topological polar surface area (TPSA) is 53.0 Å². The zero-order valence-electron chi connectivity index (χ0n) is 12.4. The van der Waals surface area contributed by atoms with Crippen LogP contribution in [-0.2, 0) is 4.79 Å². The highest BCUT2D eigenvalue weighted by Gasteiger charge is 2.35. The van der Waals surface area contributed by atoms with Crippen LogP contribution < -0.4 is 4.74 Å². The van der Waals surface area contributed by atoms with Crippen LogP contribution in [0, 0.1) is 0 Å². The van der Waals surface area contributed by atoms with Crippen molar-refractivity contribution in [3.8, 4) is 5.75 Å². The van der Waals surface area contributed by atoms with E-state index in [2.05, 4.69) is 4.90 Å². The van der Waals surface area contributed by atoms with E-state index in [0.29, 0.717) is 19.0 Å². The summed E-state index contributed by atoms with van der Waals surface area (Å²) < 4.78 is 5.19. The van der Waals surface area contributed by atoms with E-state index in [-0.39, 0.29) is 5.91 Å². The average Bonchev–Trinajstić information content (AvgIpc) is 2.88. The molecule has 1 aromatic rings. The van der Waals surface area contributed by atoms with Crippen molar-refractivity contribution in [2.24, 2.45) is 0 Å². The van der Waals surface area contributed by atoms with Crippen LogP contribution in [0.15, 0.2) is 24.3 Å². The van der Waals surface area contributed by atoms with Gasteiger partial charge in [-0.25, -0.2) is 0 Å². The molecule has 2 heterocycles. The van der Waals surface area contributed by atoms with Crippen molar-refractivity contribution in [1.29, 1.82) is 0 Å². The fraction of sp³-hybridized carbons (Fsp3) is 0.562. The highest BCUT2D eigenvalue weighted by atomic mass is 16.5. The summed E-state index contributed by atoms with van der Waals surface area (Å²) in [7, 11) is 1.63. The number of carbonyl (C=O) groups excluding carboxylic acids is 1. The number of nitrogens with zero attached hydrogens (tertiary/aromatic N) is 2. The second-order valence-corrected chi connectivity index (χ2v) is 5.83. The third kappa shape index (κ3) is 3.04. The zero-order chi connectivity index (χ0) is 14.8. The van der Waals surface area contributed by atoms with Gasteiger partial charge in [-0.2, -0.15) is 0 Å². The van der Waals surface area contributed by atoms with E-state index in [0.717, 1.165) is 37.4 Å². The number of methoxy groups -OCH3 is 1. The summed E-state index contributed by atoms with van der Waals surface area (Å²) in [6.45, 7) is 3.09. The summed E-state index contributed by atoms with van der Waals surface area (Å²) in [4.78, 5) is 15.9. The number of ether oxygens (including phenoxy) is 1. The van der Waals surface area contributed by atoms with Crippen molar-refractivity contribution >= 4 is 5.91 Å². The van der Waals surface area contributed by atoms with Gasteiger partial charge >= 0.3 is 0 Å². The van der Waals surface area contributed by atoms with Crippen molar-refractivity contribution in [1.82, 2.24) is 9.80 Å². The Labute approximate surface area is 125 Å². The first kappa shape index (κ1) is 14.4. The Bertz CT molecular complexity index is 520. The van der Waals surface area contributed by atoms with Crippen LogP contribution in [0.2, 0.25) is 0 Å². The maximum absolute atomic E-state index is 11.7. The van der Waals surface area contributed by atoms with Gasteiger partial charge in [0.15, 0.2) is 0 Å². The molecule has 2 unspecified atom stereocenters. The summed E-state index contributed by atoms with van der Waals surface area (Å²) in [5, 5.41) is 10.4. The van der Waals surface area contributed by atoms with E-state index in [1.54, 1.807) is 7.11 Å². The fourth-order valence-electron chi connectivity index (χ4n) is 3.29. The minimum atomic E-state index is -0.524. The number of rotatable bonds is 4. The predicted octanol–water partition coefficient (Wildman–Crippen LogP) is 1.04. The van der Waals surface area contributed by atoms with Crippen molar-refractivity contribution in [3.63, 3.8) is 0 Å². The first-order valence-corrected chi connectivity index (χ1v) is 7.51. The van der Waals surface area contributed by atoms with Crippen LogP contribution in [-0.4, -0.2) is 60.1 Å². The first-order chi connectivity index (χ1) is 10.2. The van der Waals surface area contributed by atoms with Crippen LogP contribution in [0.1, 0.15) is 24.5 Å². The molecule has 2 saturated heterocycles. The van der Waals surface area contributed by atoms with Gasteiger partial charge in [0, 0.05) is 38.6 Å². The van der Waals surface area contributed by atoms with Gasteiger partial charge in [-0.3, -0.25) is 9.69 Å². The van der Waals surface area contributed by atoms with Crippen LogP contribution in [0.3, 0.4) is 0 Å². The molecule has 1 aromatic carbocycles. The molecule has 3 rings (SSSR count). The monoisotopic (exact) mass is 290 g/mol. The number of amides is 1. The number of carbonyl (C=O) groups is 1. The van der Waals surface area contributed by atoms with Gasteiger partial charge in [-0.1, -0.05) is 12.1 Å². The first-order valence-electron chi connectivity index (χ1n) is 7.51. The van der Waals surface area contributed by atoms with E-state index in [1.165, 1.54) is 0 Å². The fourth-order valence-corrected chi connectivity index (χ4v) is 3.29. The quantitative estimate of drug-likeness (QED) is 0.900. The van der Waals surface area contributed by atoms with Crippen molar-refractivity contribution < 1.29 is 14.6 Å².